The maximum atomic E-state index is 12.6. The van der Waals surface area contributed by atoms with E-state index in [4.69, 9.17) is 4.42 Å². The fourth-order valence-electron chi connectivity index (χ4n) is 1.44. The molecule has 0 aliphatic heterocycles. The summed E-state index contributed by atoms with van der Waals surface area (Å²) in [5, 5.41) is 2.39. The number of anilines is 1. The van der Waals surface area contributed by atoms with E-state index < -0.39 is 17.6 Å². The number of halogens is 5. The minimum absolute atomic E-state index is 0.0259. The fourth-order valence-corrected chi connectivity index (χ4v) is 2.21. The summed E-state index contributed by atoms with van der Waals surface area (Å²) in [6.07, 6.45) is -3.18. The van der Waals surface area contributed by atoms with E-state index in [1.54, 1.807) is 0 Å². The van der Waals surface area contributed by atoms with Gasteiger partial charge < -0.3 is 9.73 Å². The summed E-state index contributed by atoms with van der Waals surface area (Å²) in [7, 11) is 0. The van der Waals surface area contributed by atoms with Crippen LogP contribution in [0.25, 0.3) is 0 Å². The highest BCUT2D eigenvalue weighted by atomic mass is 79.9. The summed E-state index contributed by atoms with van der Waals surface area (Å²) in [5.41, 5.74) is -0.630. The van der Waals surface area contributed by atoms with Gasteiger partial charge in [0.15, 0.2) is 4.67 Å². The summed E-state index contributed by atoms with van der Waals surface area (Å²) in [5.74, 6) is -0.578. The Morgan fingerprint density at radius 3 is 2.45 bits per heavy atom. The monoisotopic (exact) mass is 411 g/mol. The van der Waals surface area contributed by atoms with Crippen LogP contribution in [0.5, 0.6) is 0 Å². The molecule has 0 saturated heterocycles. The second-order valence-corrected chi connectivity index (χ2v) is 5.33. The molecule has 1 amide bonds. The van der Waals surface area contributed by atoms with Crippen molar-refractivity contribution in [1.29, 1.82) is 0 Å². The van der Waals surface area contributed by atoms with Gasteiger partial charge in [0.1, 0.15) is 0 Å². The lowest BCUT2D eigenvalue weighted by Crippen LogP contribution is -2.13. The Labute approximate surface area is 128 Å². The number of alkyl halides is 3. The zero-order valence-electron chi connectivity index (χ0n) is 9.59. The third kappa shape index (κ3) is 3.24. The highest BCUT2D eigenvalue weighted by Gasteiger charge is 2.31. The van der Waals surface area contributed by atoms with Crippen LogP contribution in [0, 0.1) is 0 Å². The predicted molar refractivity (Wildman–Crippen MR) is 73.5 cm³/mol. The van der Waals surface area contributed by atoms with Crippen LogP contribution in [-0.2, 0) is 6.18 Å². The standard InChI is InChI=1S/C12H6Br2F3NO2/c13-8-2-1-6(12(15,16)17)5-9(8)18-11(19)7-3-4-20-10(7)14/h1-5H,(H,18,19). The molecule has 0 radical (unpaired) electrons. The summed E-state index contributed by atoms with van der Waals surface area (Å²) >= 11 is 6.12. The molecule has 106 valence electrons. The van der Waals surface area contributed by atoms with Crippen molar-refractivity contribution in [2.45, 2.75) is 6.18 Å². The summed E-state index contributed by atoms with van der Waals surface area (Å²) < 4.78 is 43.3. The Kier molecular flexibility index (Phi) is 4.24. The molecule has 0 aliphatic carbocycles. The van der Waals surface area contributed by atoms with Gasteiger partial charge in [0.2, 0.25) is 0 Å². The van der Waals surface area contributed by atoms with Crippen molar-refractivity contribution in [2.24, 2.45) is 0 Å². The largest absolute Gasteiger partial charge is 0.457 e. The van der Waals surface area contributed by atoms with Gasteiger partial charge in [-0.2, -0.15) is 13.2 Å². The van der Waals surface area contributed by atoms with E-state index in [9.17, 15) is 18.0 Å². The van der Waals surface area contributed by atoms with Crippen molar-refractivity contribution in [3.05, 3.63) is 50.8 Å². The van der Waals surface area contributed by atoms with E-state index in [2.05, 4.69) is 37.2 Å². The number of nitrogens with one attached hydrogen (secondary N) is 1. The van der Waals surface area contributed by atoms with E-state index in [-0.39, 0.29) is 15.9 Å². The topological polar surface area (TPSA) is 42.2 Å². The van der Waals surface area contributed by atoms with Crippen LogP contribution in [0.15, 0.2) is 44.1 Å². The van der Waals surface area contributed by atoms with Crippen LogP contribution < -0.4 is 5.32 Å². The molecule has 1 N–H and O–H groups in total. The van der Waals surface area contributed by atoms with Gasteiger partial charge in [-0.1, -0.05) is 0 Å². The molecule has 2 rings (SSSR count). The molecule has 0 fully saturated rings. The molecule has 0 atom stereocenters. The number of carbonyl (C=O) groups excluding carboxylic acids is 1. The number of carbonyl (C=O) groups is 1. The lowest BCUT2D eigenvalue weighted by atomic mass is 10.2. The number of furan rings is 1. The van der Waals surface area contributed by atoms with E-state index >= 15 is 0 Å². The van der Waals surface area contributed by atoms with E-state index in [1.165, 1.54) is 18.4 Å². The first-order valence-electron chi connectivity index (χ1n) is 5.20. The van der Waals surface area contributed by atoms with Crippen LogP contribution in [0.2, 0.25) is 0 Å². The highest BCUT2D eigenvalue weighted by Crippen LogP contribution is 2.34. The maximum absolute atomic E-state index is 12.6. The SMILES string of the molecule is O=C(Nc1cc(C(F)(F)F)ccc1Br)c1ccoc1Br. The van der Waals surface area contributed by atoms with Crippen molar-refractivity contribution in [2.75, 3.05) is 5.32 Å². The molecule has 1 heterocycles. The molecule has 0 unspecified atom stereocenters. The van der Waals surface area contributed by atoms with Crippen LogP contribution in [-0.4, -0.2) is 5.91 Å². The van der Waals surface area contributed by atoms with Gasteiger partial charge in [-0.05, 0) is 56.1 Å². The van der Waals surface area contributed by atoms with Crippen LogP contribution in [0.3, 0.4) is 0 Å². The van der Waals surface area contributed by atoms with Gasteiger partial charge in [-0.3, -0.25) is 4.79 Å². The third-order valence-electron chi connectivity index (χ3n) is 2.40. The summed E-state index contributed by atoms with van der Waals surface area (Å²) in [6.45, 7) is 0. The van der Waals surface area contributed by atoms with E-state index in [0.717, 1.165) is 12.1 Å². The first kappa shape index (κ1) is 15.1. The fraction of sp³-hybridized carbons (Fsp3) is 0.0833. The lowest BCUT2D eigenvalue weighted by Gasteiger charge is -2.11. The van der Waals surface area contributed by atoms with Crippen LogP contribution >= 0.6 is 31.9 Å². The van der Waals surface area contributed by atoms with E-state index in [0.29, 0.717) is 4.47 Å². The first-order chi connectivity index (χ1) is 9.29. The molecule has 0 bridgehead atoms. The zero-order chi connectivity index (χ0) is 14.9. The van der Waals surface area contributed by atoms with Crippen LogP contribution in [0.4, 0.5) is 18.9 Å². The van der Waals surface area contributed by atoms with Crippen molar-refractivity contribution in [3.8, 4) is 0 Å². The predicted octanol–water partition coefficient (Wildman–Crippen LogP) is 5.08. The van der Waals surface area contributed by atoms with Crippen molar-refractivity contribution in [1.82, 2.24) is 0 Å². The number of rotatable bonds is 2. The van der Waals surface area contributed by atoms with Gasteiger partial charge in [0.25, 0.3) is 5.91 Å². The Morgan fingerprint density at radius 1 is 1.20 bits per heavy atom. The van der Waals surface area contributed by atoms with Crippen molar-refractivity contribution in [3.63, 3.8) is 0 Å². The van der Waals surface area contributed by atoms with Gasteiger partial charge in [0.05, 0.1) is 23.1 Å². The summed E-state index contributed by atoms with van der Waals surface area (Å²) in [6, 6.07) is 4.41. The number of hydrogen-bond donors (Lipinski definition) is 1. The molecule has 2 aromatic rings. The molecule has 0 spiro atoms. The molecule has 8 heteroatoms. The van der Waals surface area contributed by atoms with Gasteiger partial charge in [-0.25, -0.2) is 0 Å². The minimum atomic E-state index is -4.48. The van der Waals surface area contributed by atoms with Crippen LogP contribution in [0.1, 0.15) is 15.9 Å². The quantitative estimate of drug-likeness (QED) is 0.747. The Balaban J connectivity index is 2.30. The lowest BCUT2D eigenvalue weighted by molar-refractivity contribution is -0.137. The molecule has 20 heavy (non-hydrogen) atoms. The Morgan fingerprint density at radius 2 is 1.90 bits per heavy atom. The smallest absolute Gasteiger partial charge is 0.416 e. The molecule has 0 aliphatic rings. The number of hydrogen-bond acceptors (Lipinski definition) is 2. The first-order valence-corrected chi connectivity index (χ1v) is 6.78. The average molecular weight is 413 g/mol. The molecule has 1 aromatic heterocycles. The second-order valence-electron chi connectivity index (χ2n) is 3.75. The van der Waals surface area contributed by atoms with Gasteiger partial charge >= 0.3 is 6.18 Å². The number of amides is 1. The molecule has 3 nitrogen and oxygen atoms in total. The maximum Gasteiger partial charge on any atom is 0.416 e. The van der Waals surface area contributed by atoms with Crippen molar-refractivity contribution >= 4 is 43.5 Å². The van der Waals surface area contributed by atoms with Gasteiger partial charge in [0, 0.05) is 4.47 Å². The molecular weight excluding hydrogens is 407 g/mol. The van der Waals surface area contributed by atoms with Crippen molar-refractivity contribution < 1.29 is 22.4 Å². The molecule has 1 aromatic carbocycles. The molecule has 0 saturated carbocycles. The Bertz CT molecular complexity index is 652. The Hall–Kier alpha value is -1.28. The normalized spacial score (nSPS) is 11.4. The third-order valence-corrected chi connectivity index (χ3v) is 3.71. The van der Waals surface area contributed by atoms with E-state index in [1.807, 2.05) is 0 Å². The average Bonchev–Trinajstić information content (AvgIpc) is 2.77. The number of benzene rings is 1. The zero-order valence-corrected chi connectivity index (χ0v) is 12.8. The molecular formula is C12H6Br2F3NO2. The van der Waals surface area contributed by atoms with Gasteiger partial charge in [-0.15, -0.1) is 0 Å². The second kappa shape index (κ2) is 5.61. The highest BCUT2D eigenvalue weighted by molar-refractivity contribution is 9.10. The summed E-state index contributed by atoms with van der Waals surface area (Å²) in [4.78, 5) is 11.9. The minimum Gasteiger partial charge on any atom is -0.457 e.